The van der Waals surface area contributed by atoms with Gasteiger partial charge in [0.05, 0.1) is 11.4 Å². The van der Waals surface area contributed by atoms with Crippen LogP contribution in [0.3, 0.4) is 0 Å². The molecule has 2 aromatic heterocycles. The molecule has 1 saturated heterocycles. The molecular formula is C23H27N5OS2. The van der Waals surface area contributed by atoms with Crippen LogP contribution >= 0.6 is 23.1 Å². The van der Waals surface area contributed by atoms with Crippen LogP contribution in [0.1, 0.15) is 35.3 Å². The summed E-state index contributed by atoms with van der Waals surface area (Å²) in [6.07, 6.45) is 4.59. The fraction of sp³-hybridized carbons (Fsp3) is 0.435. The Bertz CT molecular complexity index is 1050. The molecule has 0 saturated carbocycles. The Morgan fingerprint density at radius 1 is 1.06 bits per heavy atom. The monoisotopic (exact) mass is 453 g/mol. The molecule has 2 aliphatic heterocycles. The number of aromatic nitrogens is 3. The predicted octanol–water partition coefficient (Wildman–Crippen LogP) is 4.30. The van der Waals surface area contributed by atoms with Crippen LogP contribution in [-0.2, 0) is 17.8 Å². The molecule has 3 aromatic rings. The third-order valence-corrected chi connectivity index (χ3v) is 7.97. The third kappa shape index (κ3) is 4.36. The lowest BCUT2D eigenvalue weighted by atomic mass is 10.1. The van der Waals surface area contributed by atoms with Gasteiger partial charge in [0.25, 0.3) is 0 Å². The zero-order valence-electron chi connectivity index (χ0n) is 17.8. The molecule has 0 N–H and O–H groups in total. The van der Waals surface area contributed by atoms with Crippen molar-refractivity contribution in [3.05, 3.63) is 51.7 Å². The Hall–Kier alpha value is -2.32. The second-order valence-electron chi connectivity index (χ2n) is 8.22. The number of benzene rings is 1. The standard InChI is InChI=1S/C23H27N5OS2/c1-17-5-7-19(8-6-17)28-22(26-11-3-2-4-12-26)24-25-23(28)31-16-21(29)27-13-9-20-18(15-27)10-14-30-20/h5-8,10,14H,2-4,9,11-13,15-16H2,1H3. The van der Waals surface area contributed by atoms with Crippen molar-refractivity contribution in [2.45, 2.75) is 44.3 Å². The van der Waals surface area contributed by atoms with Gasteiger partial charge >= 0.3 is 0 Å². The maximum absolute atomic E-state index is 12.9. The van der Waals surface area contributed by atoms with Gasteiger partial charge in [-0.15, -0.1) is 21.5 Å². The van der Waals surface area contributed by atoms with Crippen LogP contribution in [0.4, 0.5) is 5.95 Å². The maximum Gasteiger partial charge on any atom is 0.233 e. The van der Waals surface area contributed by atoms with Crippen molar-refractivity contribution in [1.29, 1.82) is 0 Å². The number of piperidine rings is 1. The van der Waals surface area contributed by atoms with Crippen molar-refractivity contribution in [2.24, 2.45) is 0 Å². The summed E-state index contributed by atoms with van der Waals surface area (Å²) in [7, 11) is 0. The number of hydrogen-bond donors (Lipinski definition) is 0. The van der Waals surface area contributed by atoms with E-state index in [1.54, 1.807) is 11.3 Å². The van der Waals surface area contributed by atoms with Crippen LogP contribution in [0.5, 0.6) is 0 Å². The number of nitrogens with zero attached hydrogens (tertiary/aromatic N) is 5. The zero-order chi connectivity index (χ0) is 21.2. The van der Waals surface area contributed by atoms with Gasteiger partial charge in [-0.3, -0.25) is 9.36 Å². The molecule has 0 radical (unpaired) electrons. The summed E-state index contributed by atoms with van der Waals surface area (Å²) in [4.78, 5) is 18.7. The molecule has 1 amide bonds. The average molecular weight is 454 g/mol. The molecule has 1 aromatic carbocycles. The van der Waals surface area contributed by atoms with E-state index in [0.717, 1.165) is 49.4 Å². The molecule has 0 spiro atoms. The zero-order valence-corrected chi connectivity index (χ0v) is 19.4. The number of carbonyl (C=O) groups is 1. The van der Waals surface area contributed by atoms with Crippen LogP contribution in [0.2, 0.25) is 0 Å². The third-order valence-electron chi connectivity index (χ3n) is 6.03. The van der Waals surface area contributed by atoms with Crippen molar-refractivity contribution in [3.8, 4) is 5.69 Å². The van der Waals surface area contributed by atoms with E-state index < -0.39 is 0 Å². The van der Waals surface area contributed by atoms with E-state index in [0.29, 0.717) is 5.75 Å². The van der Waals surface area contributed by atoms with Crippen molar-refractivity contribution in [2.75, 3.05) is 30.3 Å². The van der Waals surface area contributed by atoms with Gasteiger partial charge in [-0.25, -0.2) is 0 Å². The lowest BCUT2D eigenvalue weighted by Gasteiger charge is -2.28. The first-order valence-corrected chi connectivity index (χ1v) is 12.8. The summed E-state index contributed by atoms with van der Waals surface area (Å²) in [5.74, 6) is 1.43. The molecule has 162 valence electrons. The van der Waals surface area contributed by atoms with E-state index in [4.69, 9.17) is 0 Å². The van der Waals surface area contributed by atoms with Crippen LogP contribution in [0, 0.1) is 6.92 Å². The fourth-order valence-corrected chi connectivity index (χ4v) is 5.99. The molecule has 4 heterocycles. The van der Waals surface area contributed by atoms with E-state index in [2.05, 4.69) is 62.3 Å². The van der Waals surface area contributed by atoms with Gasteiger partial charge in [-0.1, -0.05) is 29.5 Å². The number of rotatable bonds is 5. The molecule has 0 atom stereocenters. The SMILES string of the molecule is Cc1ccc(-n2c(SCC(=O)N3CCc4sccc4C3)nnc2N2CCCCC2)cc1. The highest BCUT2D eigenvalue weighted by atomic mass is 32.2. The largest absolute Gasteiger partial charge is 0.341 e. The molecule has 5 rings (SSSR count). The van der Waals surface area contributed by atoms with Crippen LogP contribution in [0.25, 0.3) is 5.69 Å². The molecule has 1 fully saturated rings. The number of aryl methyl sites for hydroxylation is 1. The average Bonchev–Trinajstić information content (AvgIpc) is 3.45. The summed E-state index contributed by atoms with van der Waals surface area (Å²) in [6.45, 7) is 5.63. The number of thioether (sulfide) groups is 1. The lowest BCUT2D eigenvalue weighted by Crippen LogP contribution is -2.36. The Balaban J connectivity index is 1.35. The highest BCUT2D eigenvalue weighted by Crippen LogP contribution is 2.30. The van der Waals surface area contributed by atoms with Gasteiger partial charge in [-0.05, 0) is 61.7 Å². The Morgan fingerprint density at radius 3 is 2.68 bits per heavy atom. The number of thiophene rings is 1. The number of anilines is 1. The molecule has 6 nitrogen and oxygen atoms in total. The minimum Gasteiger partial charge on any atom is -0.341 e. The van der Waals surface area contributed by atoms with Gasteiger partial charge in [-0.2, -0.15) is 0 Å². The second kappa shape index (κ2) is 9.04. The quantitative estimate of drug-likeness (QED) is 0.539. The molecule has 0 unspecified atom stereocenters. The second-order valence-corrected chi connectivity index (χ2v) is 10.2. The maximum atomic E-state index is 12.9. The van der Waals surface area contributed by atoms with Crippen molar-refractivity contribution < 1.29 is 4.79 Å². The fourth-order valence-electron chi connectivity index (χ4n) is 4.25. The van der Waals surface area contributed by atoms with Gasteiger partial charge < -0.3 is 9.80 Å². The van der Waals surface area contributed by atoms with E-state index in [1.165, 1.54) is 47.0 Å². The van der Waals surface area contributed by atoms with Crippen molar-refractivity contribution in [1.82, 2.24) is 19.7 Å². The van der Waals surface area contributed by atoms with Gasteiger partial charge in [0.1, 0.15) is 0 Å². The first kappa shape index (κ1) is 20.6. The van der Waals surface area contributed by atoms with Crippen molar-refractivity contribution >= 4 is 35.0 Å². The van der Waals surface area contributed by atoms with E-state index in [-0.39, 0.29) is 5.91 Å². The topological polar surface area (TPSA) is 54.3 Å². The van der Waals surface area contributed by atoms with E-state index in [9.17, 15) is 4.79 Å². The van der Waals surface area contributed by atoms with Gasteiger partial charge in [0.15, 0.2) is 5.16 Å². The Kier molecular flexibility index (Phi) is 6.00. The summed E-state index contributed by atoms with van der Waals surface area (Å²) >= 11 is 3.29. The summed E-state index contributed by atoms with van der Waals surface area (Å²) in [5, 5.41) is 12.0. The predicted molar refractivity (Wildman–Crippen MR) is 126 cm³/mol. The van der Waals surface area contributed by atoms with E-state index in [1.807, 2.05) is 4.90 Å². The highest BCUT2D eigenvalue weighted by Gasteiger charge is 2.25. The van der Waals surface area contributed by atoms with E-state index >= 15 is 0 Å². The smallest absolute Gasteiger partial charge is 0.233 e. The normalized spacial score (nSPS) is 16.4. The minimum absolute atomic E-state index is 0.167. The number of carbonyl (C=O) groups excluding carboxylic acids is 1. The summed E-state index contributed by atoms with van der Waals surface area (Å²) in [5.41, 5.74) is 3.57. The number of hydrogen-bond acceptors (Lipinski definition) is 6. The number of fused-ring (bicyclic) bond motifs is 1. The van der Waals surface area contributed by atoms with Crippen LogP contribution in [0.15, 0.2) is 40.9 Å². The summed E-state index contributed by atoms with van der Waals surface area (Å²) < 4.78 is 2.12. The first-order chi connectivity index (χ1) is 15.2. The Labute approximate surface area is 191 Å². The van der Waals surface area contributed by atoms with Crippen LogP contribution in [-0.4, -0.2) is 51.0 Å². The minimum atomic E-state index is 0.167. The van der Waals surface area contributed by atoms with Gasteiger partial charge in [0, 0.05) is 31.1 Å². The first-order valence-electron chi connectivity index (χ1n) is 10.9. The molecular weight excluding hydrogens is 426 g/mol. The summed E-state index contributed by atoms with van der Waals surface area (Å²) in [6, 6.07) is 10.6. The number of amides is 1. The lowest BCUT2D eigenvalue weighted by molar-refractivity contribution is -0.129. The van der Waals surface area contributed by atoms with Gasteiger partial charge in [0.2, 0.25) is 11.9 Å². The van der Waals surface area contributed by atoms with Crippen molar-refractivity contribution in [3.63, 3.8) is 0 Å². The molecule has 2 aliphatic rings. The van der Waals surface area contributed by atoms with Crippen LogP contribution < -0.4 is 4.90 Å². The molecule has 31 heavy (non-hydrogen) atoms. The Morgan fingerprint density at radius 2 is 1.87 bits per heavy atom. The highest BCUT2D eigenvalue weighted by molar-refractivity contribution is 7.99. The molecule has 0 bridgehead atoms. The molecule has 0 aliphatic carbocycles. The molecule has 8 heteroatoms.